The highest BCUT2D eigenvalue weighted by Gasteiger charge is 2.51. The van der Waals surface area contributed by atoms with Gasteiger partial charge in [-0.2, -0.15) is 26.3 Å². The molecule has 228 valence electrons. The first-order chi connectivity index (χ1) is 19.9. The van der Waals surface area contributed by atoms with Crippen molar-refractivity contribution in [1.82, 2.24) is 14.7 Å². The van der Waals surface area contributed by atoms with Crippen molar-refractivity contribution in [2.24, 2.45) is 0 Å². The van der Waals surface area contributed by atoms with Crippen molar-refractivity contribution in [3.05, 3.63) is 70.8 Å². The minimum atomic E-state index is -5.05. The molecule has 1 unspecified atom stereocenters. The molecule has 2 aromatic rings. The molecule has 3 saturated heterocycles. The molecule has 12 heteroatoms. The topological polar surface area (TPSA) is 53.1 Å². The second-order valence-electron chi connectivity index (χ2n) is 11.3. The van der Waals surface area contributed by atoms with Crippen molar-refractivity contribution in [2.45, 2.75) is 56.0 Å². The van der Waals surface area contributed by atoms with Gasteiger partial charge in [0.1, 0.15) is 5.60 Å². The maximum absolute atomic E-state index is 13.4. The molecule has 0 aromatic heterocycles. The molecule has 2 aromatic carbocycles. The molecule has 3 heterocycles. The van der Waals surface area contributed by atoms with Crippen LogP contribution in [0.4, 0.5) is 31.1 Å². The van der Waals surface area contributed by atoms with Crippen LogP contribution in [-0.4, -0.2) is 78.1 Å². The number of nitrogens with zero attached hydrogens (tertiary/aromatic N) is 3. The third kappa shape index (κ3) is 6.53. The number of hydrogen-bond acceptors (Lipinski definition) is 4. The van der Waals surface area contributed by atoms with Gasteiger partial charge in [0.25, 0.3) is 5.91 Å². The molecule has 0 bridgehead atoms. The first-order valence-electron chi connectivity index (χ1n) is 14.2. The van der Waals surface area contributed by atoms with Gasteiger partial charge in [-0.1, -0.05) is 30.3 Å². The lowest BCUT2D eigenvalue weighted by Crippen LogP contribution is -2.59. The van der Waals surface area contributed by atoms with Crippen LogP contribution in [0.1, 0.15) is 65.1 Å². The van der Waals surface area contributed by atoms with E-state index in [2.05, 4.69) is 4.90 Å². The van der Waals surface area contributed by atoms with Crippen molar-refractivity contribution < 1.29 is 40.7 Å². The zero-order chi connectivity index (χ0) is 30.1. The summed E-state index contributed by atoms with van der Waals surface area (Å²) in [6.45, 7) is 4.01. The summed E-state index contributed by atoms with van der Waals surface area (Å²) in [5.74, 6) is -1.14. The van der Waals surface area contributed by atoms with E-state index in [1.54, 1.807) is 4.90 Å². The maximum atomic E-state index is 13.4. The quantitative estimate of drug-likeness (QED) is 0.361. The van der Waals surface area contributed by atoms with Gasteiger partial charge in [0.2, 0.25) is 0 Å². The molecule has 0 radical (unpaired) electrons. The summed E-state index contributed by atoms with van der Waals surface area (Å²) in [6.07, 6.45) is -6.97. The fourth-order valence-corrected chi connectivity index (χ4v) is 6.34. The molecule has 0 N–H and O–H groups in total. The van der Waals surface area contributed by atoms with Gasteiger partial charge in [-0.05, 0) is 62.7 Å². The van der Waals surface area contributed by atoms with Crippen LogP contribution in [0.25, 0.3) is 0 Å². The summed E-state index contributed by atoms with van der Waals surface area (Å²) in [5, 5.41) is 0. The highest BCUT2D eigenvalue weighted by Crippen LogP contribution is 2.44. The summed E-state index contributed by atoms with van der Waals surface area (Å²) >= 11 is 0. The van der Waals surface area contributed by atoms with Crippen LogP contribution >= 0.6 is 0 Å². The van der Waals surface area contributed by atoms with E-state index in [9.17, 15) is 35.9 Å². The van der Waals surface area contributed by atoms with E-state index in [1.165, 1.54) is 17.7 Å². The molecule has 3 aliphatic heterocycles. The summed E-state index contributed by atoms with van der Waals surface area (Å²) in [7, 11) is 0. The number of benzene rings is 2. The molecule has 1 spiro atoms. The van der Waals surface area contributed by atoms with Crippen molar-refractivity contribution >= 4 is 12.0 Å². The lowest BCUT2D eigenvalue weighted by Gasteiger charge is -2.50. The van der Waals surface area contributed by atoms with Crippen molar-refractivity contribution in [3.63, 3.8) is 0 Å². The number of alkyl halides is 6. The number of hydrogen-bond donors (Lipinski definition) is 0. The van der Waals surface area contributed by atoms with Gasteiger partial charge in [0.05, 0.1) is 11.1 Å². The van der Waals surface area contributed by atoms with Gasteiger partial charge in [0, 0.05) is 50.5 Å². The van der Waals surface area contributed by atoms with Crippen molar-refractivity contribution in [1.29, 1.82) is 0 Å². The summed E-state index contributed by atoms with van der Waals surface area (Å²) < 4.78 is 86.3. The molecular formula is C30H33F6N3O3. The predicted octanol–water partition coefficient (Wildman–Crippen LogP) is 6.42. The Hall–Kier alpha value is -3.28. The first kappa shape index (κ1) is 30.2. The second-order valence-corrected chi connectivity index (χ2v) is 11.3. The molecule has 0 aliphatic carbocycles. The molecule has 42 heavy (non-hydrogen) atoms. The van der Waals surface area contributed by atoms with Gasteiger partial charge in [-0.3, -0.25) is 4.79 Å². The summed E-state index contributed by atoms with van der Waals surface area (Å²) in [6, 6.07) is 10.5. The number of piperidine rings is 1. The Balaban J connectivity index is 1.32. The van der Waals surface area contributed by atoms with Crippen LogP contribution in [0, 0.1) is 0 Å². The molecule has 1 atom stereocenters. The Labute approximate surface area is 240 Å². The molecule has 5 rings (SSSR count). The number of carbonyl (C=O) groups excluding carboxylic acids is 2. The van der Waals surface area contributed by atoms with E-state index >= 15 is 0 Å². The van der Waals surface area contributed by atoms with Crippen LogP contribution in [0.2, 0.25) is 0 Å². The van der Waals surface area contributed by atoms with E-state index in [0.29, 0.717) is 25.2 Å². The lowest BCUT2D eigenvalue weighted by molar-refractivity contribution is -0.143. The SMILES string of the molecule is O=C1OC2(CCN(C(=O)c3cc(C(F)(F)F)cc(C(F)(F)F)c3)CC2)C(c2ccccc2)CN1CCCN1CCCC1. The first-order valence-corrected chi connectivity index (χ1v) is 14.2. The molecule has 3 aliphatic rings. The molecule has 6 nitrogen and oxygen atoms in total. The minimum Gasteiger partial charge on any atom is -0.442 e. The van der Waals surface area contributed by atoms with Gasteiger partial charge in [-0.25, -0.2) is 4.79 Å². The van der Waals surface area contributed by atoms with Crippen LogP contribution in [0.5, 0.6) is 0 Å². The Morgan fingerprint density at radius 2 is 1.45 bits per heavy atom. The van der Waals surface area contributed by atoms with Crippen LogP contribution in [0.3, 0.4) is 0 Å². The predicted molar refractivity (Wildman–Crippen MR) is 142 cm³/mol. The third-order valence-corrected chi connectivity index (χ3v) is 8.62. The van der Waals surface area contributed by atoms with E-state index in [-0.39, 0.29) is 37.9 Å². The summed E-state index contributed by atoms with van der Waals surface area (Å²) in [5.41, 5.74) is -3.75. The number of ether oxygens (including phenoxy) is 1. The average Bonchev–Trinajstić information content (AvgIpc) is 3.47. The van der Waals surface area contributed by atoms with Gasteiger partial charge in [-0.15, -0.1) is 0 Å². The zero-order valence-corrected chi connectivity index (χ0v) is 23.0. The van der Waals surface area contributed by atoms with E-state index in [4.69, 9.17) is 4.74 Å². The molecule has 3 fully saturated rings. The fourth-order valence-electron chi connectivity index (χ4n) is 6.34. The number of halogens is 6. The Morgan fingerprint density at radius 3 is 2.02 bits per heavy atom. The normalized spacial score (nSPS) is 21.6. The Bertz CT molecular complexity index is 1240. The molecule has 0 saturated carbocycles. The van der Waals surface area contributed by atoms with Crippen LogP contribution in [-0.2, 0) is 17.1 Å². The molecular weight excluding hydrogens is 564 g/mol. The highest BCUT2D eigenvalue weighted by atomic mass is 19.4. The van der Waals surface area contributed by atoms with E-state index in [1.807, 2.05) is 30.3 Å². The highest BCUT2D eigenvalue weighted by molar-refractivity contribution is 5.94. The van der Waals surface area contributed by atoms with E-state index in [0.717, 1.165) is 31.6 Å². The third-order valence-electron chi connectivity index (χ3n) is 8.62. The number of likely N-dealkylation sites (tertiary alicyclic amines) is 2. The minimum absolute atomic E-state index is 0.00477. The zero-order valence-electron chi connectivity index (χ0n) is 23.0. The number of carbonyl (C=O) groups is 2. The summed E-state index contributed by atoms with van der Waals surface area (Å²) in [4.78, 5) is 31.7. The largest absolute Gasteiger partial charge is 0.442 e. The smallest absolute Gasteiger partial charge is 0.416 e. The average molecular weight is 598 g/mol. The standard InChI is InChI=1S/C30H33F6N3O3/c31-29(32,33)23-17-22(18-24(19-23)30(34,35)36)26(40)38-15-9-28(10-16-38)25(21-7-2-1-3-8-21)20-39(27(41)42-28)14-6-13-37-11-4-5-12-37/h1-3,7-8,17-19,25H,4-6,9-16,20H2. The monoisotopic (exact) mass is 597 g/mol. The number of rotatable bonds is 6. The lowest BCUT2D eigenvalue weighted by atomic mass is 9.74. The Morgan fingerprint density at radius 1 is 0.857 bits per heavy atom. The van der Waals surface area contributed by atoms with E-state index < -0.39 is 46.6 Å². The molecule has 2 amide bonds. The second kappa shape index (κ2) is 11.8. The number of amides is 2. The fraction of sp³-hybridized carbons (Fsp3) is 0.533. The van der Waals surface area contributed by atoms with Gasteiger partial charge in [0.15, 0.2) is 0 Å². The van der Waals surface area contributed by atoms with Gasteiger partial charge < -0.3 is 19.4 Å². The Kier molecular flexibility index (Phi) is 8.46. The maximum Gasteiger partial charge on any atom is 0.416 e. The van der Waals surface area contributed by atoms with Gasteiger partial charge >= 0.3 is 18.4 Å². The van der Waals surface area contributed by atoms with Crippen molar-refractivity contribution in [2.75, 3.05) is 45.8 Å². The van der Waals surface area contributed by atoms with Crippen LogP contribution < -0.4 is 0 Å². The van der Waals surface area contributed by atoms with Crippen LogP contribution in [0.15, 0.2) is 48.5 Å². The van der Waals surface area contributed by atoms with Crippen molar-refractivity contribution in [3.8, 4) is 0 Å².